The highest BCUT2D eigenvalue weighted by Crippen LogP contribution is 2.41. The van der Waals surface area contributed by atoms with Crippen LogP contribution in [0.2, 0.25) is 10.0 Å². The molecule has 3 heteroatoms. The van der Waals surface area contributed by atoms with E-state index in [1.54, 1.807) is 0 Å². The van der Waals surface area contributed by atoms with Crippen molar-refractivity contribution in [3.63, 3.8) is 0 Å². The van der Waals surface area contributed by atoms with E-state index in [0.29, 0.717) is 22.0 Å². The van der Waals surface area contributed by atoms with Crippen molar-refractivity contribution >= 4 is 23.2 Å². The van der Waals surface area contributed by atoms with Gasteiger partial charge in [-0.05, 0) is 43.4 Å². The van der Waals surface area contributed by atoms with Gasteiger partial charge in [-0.1, -0.05) is 74.4 Å². The van der Waals surface area contributed by atoms with Crippen molar-refractivity contribution in [1.82, 2.24) is 5.32 Å². The second-order valence-corrected chi connectivity index (χ2v) is 7.12. The van der Waals surface area contributed by atoms with Crippen molar-refractivity contribution in [2.45, 2.75) is 57.9 Å². The maximum absolute atomic E-state index is 6.41. The van der Waals surface area contributed by atoms with E-state index in [2.05, 4.69) is 18.3 Å². The molecule has 1 unspecified atom stereocenters. The summed E-state index contributed by atoms with van der Waals surface area (Å²) in [6.45, 7) is 2.28. The molecule has 1 saturated carbocycles. The van der Waals surface area contributed by atoms with E-state index in [1.165, 1.54) is 44.9 Å². The Morgan fingerprint density at radius 1 is 1.19 bits per heavy atom. The molecule has 0 aliphatic heterocycles. The number of hydrogen-bond acceptors (Lipinski definition) is 1. The van der Waals surface area contributed by atoms with Crippen LogP contribution < -0.4 is 5.32 Å². The molecule has 2 rings (SSSR count). The van der Waals surface area contributed by atoms with Crippen molar-refractivity contribution < 1.29 is 0 Å². The molecule has 118 valence electrons. The first kappa shape index (κ1) is 17.1. The van der Waals surface area contributed by atoms with Crippen molar-refractivity contribution in [3.8, 4) is 0 Å². The second-order valence-electron chi connectivity index (χ2n) is 6.33. The highest BCUT2D eigenvalue weighted by molar-refractivity contribution is 6.42. The third-order valence-corrected chi connectivity index (χ3v) is 5.79. The molecule has 0 heterocycles. The molecule has 1 N–H and O–H groups in total. The predicted molar refractivity (Wildman–Crippen MR) is 93.2 cm³/mol. The van der Waals surface area contributed by atoms with Gasteiger partial charge in [0.1, 0.15) is 0 Å². The quantitative estimate of drug-likeness (QED) is 0.651. The number of benzene rings is 1. The van der Waals surface area contributed by atoms with Gasteiger partial charge in [0.25, 0.3) is 0 Å². The Bertz CT molecular complexity index is 439. The van der Waals surface area contributed by atoms with E-state index >= 15 is 0 Å². The molecule has 1 aromatic carbocycles. The maximum Gasteiger partial charge on any atom is 0.0640 e. The first-order valence-corrected chi connectivity index (χ1v) is 9.04. The molecule has 0 radical (unpaired) electrons. The lowest BCUT2D eigenvalue weighted by Crippen LogP contribution is -2.29. The topological polar surface area (TPSA) is 12.0 Å². The fraction of sp³-hybridized carbons (Fsp3) is 0.667. The first-order valence-electron chi connectivity index (χ1n) is 8.28. The summed E-state index contributed by atoms with van der Waals surface area (Å²) in [4.78, 5) is 0. The first-order chi connectivity index (χ1) is 10.2. The third-order valence-electron chi connectivity index (χ3n) is 4.96. The lowest BCUT2D eigenvalue weighted by molar-refractivity contribution is 0.218. The summed E-state index contributed by atoms with van der Waals surface area (Å²) in [7, 11) is 2.03. The largest absolute Gasteiger partial charge is 0.313 e. The van der Waals surface area contributed by atoms with E-state index in [4.69, 9.17) is 23.2 Å². The fourth-order valence-electron chi connectivity index (χ4n) is 3.71. The Balaban J connectivity index is 2.01. The van der Waals surface area contributed by atoms with Gasteiger partial charge in [-0.2, -0.15) is 0 Å². The Labute approximate surface area is 139 Å². The monoisotopic (exact) mass is 327 g/mol. The van der Waals surface area contributed by atoms with E-state index in [-0.39, 0.29) is 0 Å². The van der Waals surface area contributed by atoms with E-state index in [1.807, 2.05) is 19.2 Å². The van der Waals surface area contributed by atoms with Crippen LogP contribution in [0, 0.1) is 11.8 Å². The van der Waals surface area contributed by atoms with Crippen molar-refractivity contribution in [3.05, 3.63) is 33.8 Å². The average molecular weight is 328 g/mol. The lowest BCUT2D eigenvalue weighted by atomic mass is 9.75. The van der Waals surface area contributed by atoms with Gasteiger partial charge in [-0.25, -0.2) is 0 Å². The smallest absolute Gasteiger partial charge is 0.0640 e. The molecule has 0 aromatic heterocycles. The van der Waals surface area contributed by atoms with Gasteiger partial charge in [0.15, 0.2) is 0 Å². The van der Waals surface area contributed by atoms with Gasteiger partial charge in [-0.3, -0.25) is 0 Å². The van der Waals surface area contributed by atoms with E-state index < -0.39 is 0 Å². The highest BCUT2D eigenvalue weighted by atomic mass is 35.5. The van der Waals surface area contributed by atoms with Gasteiger partial charge in [0.2, 0.25) is 0 Å². The standard InChI is InChI=1S/C18H27Cl2N/c1-3-4-6-13-9-11-14(12-10-13)18(21-2)15-7-5-8-16(19)17(15)20/h5,7-8,13-14,18,21H,3-4,6,9-12H2,1-2H3. The molecule has 0 amide bonds. The molecule has 1 nitrogen and oxygen atoms in total. The van der Waals surface area contributed by atoms with Gasteiger partial charge >= 0.3 is 0 Å². The summed E-state index contributed by atoms with van der Waals surface area (Å²) < 4.78 is 0. The minimum Gasteiger partial charge on any atom is -0.313 e. The molecule has 1 aromatic rings. The zero-order valence-corrected chi connectivity index (χ0v) is 14.7. The van der Waals surface area contributed by atoms with Gasteiger partial charge < -0.3 is 5.32 Å². The number of halogens is 2. The molecular weight excluding hydrogens is 301 g/mol. The molecule has 1 aliphatic rings. The van der Waals surface area contributed by atoms with Crippen LogP contribution in [0.4, 0.5) is 0 Å². The van der Waals surface area contributed by atoms with Gasteiger partial charge in [-0.15, -0.1) is 0 Å². The average Bonchev–Trinajstić information content (AvgIpc) is 2.51. The molecule has 0 spiro atoms. The van der Waals surface area contributed by atoms with Crippen LogP contribution in [0.1, 0.15) is 63.5 Å². The van der Waals surface area contributed by atoms with Crippen LogP contribution in [-0.2, 0) is 0 Å². The van der Waals surface area contributed by atoms with E-state index in [9.17, 15) is 0 Å². The van der Waals surface area contributed by atoms with E-state index in [0.717, 1.165) is 11.5 Å². The van der Waals surface area contributed by atoms with Crippen LogP contribution in [0.25, 0.3) is 0 Å². The summed E-state index contributed by atoms with van der Waals surface area (Å²) in [5.41, 5.74) is 1.16. The van der Waals surface area contributed by atoms with Crippen LogP contribution >= 0.6 is 23.2 Å². The lowest BCUT2D eigenvalue weighted by Gasteiger charge is -2.34. The van der Waals surface area contributed by atoms with Gasteiger partial charge in [0, 0.05) is 6.04 Å². The number of nitrogens with one attached hydrogen (secondary N) is 1. The highest BCUT2D eigenvalue weighted by Gasteiger charge is 2.28. The maximum atomic E-state index is 6.41. The molecular formula is C18H27Cl2N. The summed E-state index contributed by atoms with van der Waals surface area (Å²) in [5, 5.41) is 4.84. The molecule has 21 heavy (non-hydrogen) atoms. The van der Waals surface area contributed by atoms with Crippen molar-refractivity contribution in [1.29, 1.82) is 0 Å². The molecule has 1 aliphatic carbocycles. The summed E-state index contributed by atoms with van der Waals surface area (Å²) >= 11 is 12.6. The zero-order chi connectivity index (χ0) is 15.2. The minimum atomic E-state index is 0.323. The Kier molecular flexibility index (Phi) is 6.85. The normalized spacial score (nSPS) is 24.0. The number of rotatable bonds is 6. The Morgan fingerprint density at radius 2 is 1.90 bits per heavy atom. The van der Waals surface area contributed by atoms with Crippen LogP contribution in [-0.4, -0.2) is 7.05 Å². The summed E-state index contributed by atoms with van der Waals surface area (Å²) in [5.74, 6) is 1.61. The molecule has 1 fully saturated rings. The van der Waals surface area contributed by atoms with Crippen molar-refractivity contribution in [2.24, 2.45) is 11.8 Å². The Hall–Kier alpha value is -0.240. The predicted octanol–water partition coefficient (Wildman–Crippen LogP) is 6.25. The second kappa shape index (κ2) is 8.41. The van der Waals surface area contributed by atoms with Gasteiger partial charge in [0.05, 0.1) is 10.0 Å². The fourth-order valence-corrected chi connectivity index (χ4v) is 4.13. The zero-order valence-electron chi connectivity index (χ0n) is 13.2. The molecule has 0 bridgehead atoms. The SMILES string of the molecule is CCCCC1CCC(C(NC)c2cccc(Cl)c2Cl)CC1. The van der Waals surface area contributed by atoms with Crippen LogP contribution in [0.3, 0.4) is 0 Å². The number of hydrogen-bond donors (Lipinski definition) is 1. The minimum absolute atomic E-state index is 0.323. The number of unbranched alkanes of at least 4 members (excludes halogenated alkanes) is 1. The molecule has 0 saturated heterocycles. The van der Waals surface area contributed by atoms with Crippen LogP contribution in [0.15, 0.2) is 18.2 Å². The summed E-state index contributed by atoms with van der Waals surface area (Å²) in [6, 6.07) is 6.30. The third kappa shape index (κ3) is 4.37. The van der Waals surface area contributed by atoms with Crippen LogP contribution in [0.5, 0.6) is 0 Å². The van der Waals surface area contributed by atoms with Crippen molar-refractivity contribution in [2.75, 3.05) is 7.05 Å². The summed E-state index contributed by atoms with van der Waals surface area (Å²) in [6.07, 6.45) is 9.42. The molecule has 1 atom stereocenters. The Morgan fingerprint density at radius 3 is 2.52 bits per heavy atom.